The predicted molar refractivity (Wildman–Crippen MR) is 140 cm³/mol. The van der Waals surface area contributed by atoms with Gasteiger partial charge in [0.1, 0.15) is 11.9 Å². The molecule has 2 bridgehead atoms. The molecule has 0 aliphatic heterocycles. The van der Waals surface area contributed by atoms with Gasteiger partial charge in [0.05, 0.1) is 4.90 Å². The molecule has 37 heavy (non-hydrogen) atoms. The highest BCUT2D eigenvalue weighted by Gasteiger charge is 2.58. The average Bonchev–Trinajstić information content (AvgIpc) is 2.85. The smallest absolute Gasteiger partial charge is 0.254 e. The van der Waals surface area contributed by atoms with E-state index in [1.807, 2.05) is 30.3 Å². The van der Waals surface area contributed by atoms with Crippen LogP contribution in [0.25, 0.3) is 0 Å². The van der Waals surface area contributed by atoms with E-state index in [2.05, 4.69) is 10.0 Å². The lowest BCUT2D eigenvalue weighted by Gasteiger charge is -2.61. The van der Waals surface area contributed by atoms with Crippen molar-refractivity contribution in [3.8, 4) is 0 Å². The molecule has 0 heterocycles. The van der Waals surface area contributed by atoms with Crippen LogP contribution < -0.4 is 10.0 Å². The maximum atomic E-state index is 13.4. The standard InChI is InChI=1S/C28H28FN3O4S.H2/c1-32(27(34)21-7-9-22(29)10-8-21)25(15-19-5-3-2-4-6-19)26(33)30-23-11-13-24(14-12-23)37(35,36)31-28-16-20(17-28)18-28;/h2-14,20,25,31H,15-18H2,1H3,(H,30,33);1H/t20?,25-,28?;/m0./s1. The molecule has 1 atom stereocenters. The molecule has 3 aliphatic carbocycles. The van der Waals surface area contributed by atoms with Crippen LogP contribution in [0.5, 0.6) is 0 Å². The predicted octanol–water partition coefficient (Wildman–Crippen LogP) is 4.22. The number of rotatable bonds is 9. The summed E-state index contributed by atoms with van der Waals surface area (Å²) in [4.78, 5) is 27.9. The Labute approximate surface area is 217 Å². The third kappa shape index (κ3) is 5.28. The molecule has 6 rings (SSSR count). The first kappa shape index (κ1) is 25.1. The molecule has 2 N–H and O–H groups in total. The molecule has 3 aromatic rings. The van der Waals surface area contributed by atoms with Gasteiger partial charge >= 0.3 is 0 Å². The second-order valence-electron chi connectivity index (χ2n) is 10.0. The Kier molecular flexibility index (Phi) is 6.59. The fourth-order valence-electron chi connectivity index (χ4n) is 5.07. The first-order valence-corrected chi connectivity index (χ1v) is 13.6. The number of carbonyl (C=O) groups is 2. The van der Waals surface area contributed by atoms with Crippen molar-refractivity contribution in [3.05, 3.63) is 95.8 Å². The van der Waals surface area contributed by atoms with Gasteiger partial charge in [-0.2, -0.15) is 0 Å². The van der Waals surface area contributed by atoms with Crippen LogP contribution in [0.3, 0.4) is 0 Å². The van der Waals surface area contributed by atoms with Crippen LogP contribution in [-0.2, 0) is 21.2 Å². The first-order valence-electron chi connectivity index (χ1n) is 12.2. The molecule has 3 aromatic carbocycles. The van der Waals surface area contributed by atoms with Gasteiger partial charge in [-0.1, -0.05) is 30.3 Å². The number of anilines is 1. The quantitative estimate of drug-likeness (QED) is 0.439. The SMILES string of the molecule is CN(C(=O)c1ccc(F)cc1)[C@@H](Cc1ccccc1)C(=O)Nc1ccc(S(=O)(=O)NC23CC(C2)C3)cc1.[HH]. The number of nitrogens with one attached hydrogen (secondary N) is 2. The molecule has 3 saturated carbocycles. The zero-order valence-corrected chi connectivity index (χ0v) is 21.2. The van der Waals surface area contributed by atoms with E-state index in [0.29, 0.717) is 11.6 Å². The number of carbonyl (C=O) groups excluding carboxylic acids is 2. The van der Waals surface area contributed by atoms with Crippen molar-refractivity contribution in [2.24, 2.45) is 5.92 Å². The molecule has 2 amide bonds. The highest BCUT2D eigenvalue weighted by Crippen LogP contribution is 2.57. The Balaban J connectivity index is 0.00000336. The largest absolute Gasteiger partial charge is 0.329 e. The molecule has 194 valence electrons. The van der Waals surface area contributed by atoms with Crippen molar-refractivity contribution in [2.75, 3.05) is 12.4 Å². The van der Waals surface area contributed by atoms with Crippen LogP contribution in [-0.4, -0.2) is 43.8 Å². The lowest BCUT2D eigenvalue weighted by Crippen LogP contribution is -2.67. The minimum absolute atomic E-state index is 0. The van der Waals surface area contributed by atoms with E-state index in [1.165, 1.54) is 60.5 Å². The zero-order chi connectivity index (χ0) is 26.2. The molecule has 0 saturated heterocycles. The summed E-state index contributed by atoms with van der Waals surface area (Å²) in [7, 11) is -2.11. The van der Waals surface area contributed by atoms with Crippen molar-refractivity contribution in [1.29, 1.82) is 0 Å². The van der Waals surface area contributed by atoms with Gasteiger partial charge in [-0.05, 0) is 79.3 Å². The molecule has 7 nitrogen and oxygen atoms in total. The first-order chi connectivity index (χ1) is 17.6. The second kappa shape index (κ2) is 9.72. The highest BCUT2D eigenvalue weighted by molar-refractivity contribution is 7.89. The monoisotopic (exact) mass is 523 g/mol. The number of hydrogen-bond acceptors (Lipinski definition) is 4. The lowest BCUT2D eigenvalue weighted by molar-refractivity contribution is -0.120. The molecule has 0 spiro atoms. The molecular weight excluding hydrogens is 493 g/mol. The molecular formula is C28H30FN3O4S. The molecule has 3 fully saturated rings. The summed E-state index contributed by atoms with van der Waals surface area (Å²) >= 11 is 0. The minimum Gasteiger partial charge on any atom is -0.329 e. The van der Waals surface area contributed by atoms with E-state index in [9.17, 15) is 22.4 Å². The van der Waals surface area contributed by atoms with Crippen molar-refractivity contribution in [3.63, 3.8) is 0 Å². The molecule has 0 radical (unpaired) electrons. The van der Waals surface area contributed by atoms with Gasteiger partial charge in [0, 0.05) is 31.7 Å². The Hall–Kier alpha value is -3.56. The Morgan fingerprint density at radius 1 is 1.00 bits per heavy atom. The summed E-state index contributed by atoms with van der Waals surface area (Å²) in [6, 6.07) is 19.6. The van der Waals surface area contributed by atoms with Crippen LogP contribution in [0.4, 0.5) is 10.1 Å². The lowest BCUT2D eigenvalue weighted by atomic mass is 9.50. The number of nitrogens with zero attached hydrogens (tertiary/aromatic N) is 1. The maximum absolute atomic E-state index is 13.4. The Bertz CT molecular complexity index is 1400. The topological polar surface area (TPSA) is 95.6 Å². The number of likely N-dealkylation sites (N-methyl/N-ethyl adjacent to an activating group) is 1. The van der Waals surface area contributed by atoms with E-state index >= 15 is 0 Å². The van der Waals surface area contributed by atoms with Crippen molar-refractivity contribution < 1.29 is 23.8 Å². The summed E-state index contributed by atoms with van der Waals surface area (Å²) < 4.78 is 41.7. The van der Waals surface area contributed by atoms with E-state index in [1.54, 1.807) is 0 Å². The normalized spacial score (nSPS) is 20.8. The zero-order valence-electron chi connectivity index (χ0n) is 20.4. The molecule has 9 heteroatoms. The van der Waals surface area contributed by atoms with Gasteiger partial charge in [-0.15, -0.1) is 0 Å². The maximum Gasteiger partial charge on any atom is 0.254 e. The van der Waals surface area contributed by atoms with Crippen LogP contribution in [0.2, 0.25) is 0 Å². The van der Waals surface area contributed by atoms with Crippen LogP contribution in [0.1, 0.15) is 36.6 Å². The number of halogens is 1. The molecule has 0 unspecified atom stereocenters. The summed E-state index contributed by atoms with van der Waals surface area (Å²) in [5.74, 6) is -0.651. The number of benzene rings is 3. The van der Waals surface area contributed by atoms with Crippen LogP contribution in [0, 0.1) is 11.7 Å². The Morgan fingerprint density at radius 3 is 2.19 bits per heavy atom. The molecule has 0 aromatic heterocycles. The highest BCUT2D eigenvalue weighted by atomic mass is 32.2. The average molecular weight is 524 g/mol. The van der Waals surface area contributed by atoms with Gasteiger partial charge in [0.15, 0.2) is 0 Å². The van der Waals surface area contributed by atoms with Crippen LogP contribution in [0.15, 0.2) is 83.8 Å². The summed E-state index contributed by atoms with van der Waals surface area (Å²) in [6.07, 6.45) is 2.95. The van der Waals surface area contributed by atoms with Crippen molar-refractivity contribution in [2.45, 2.75) is 42.2 Å². The van der Waals surface area contributed by atoms with Crippen molar-refractivity contribution in [1.82, 2.24) is 9.62 Å². The van der Waals surface area contributed by atoms with E-state index in [-0.39, 0.29) is 23.8 Å². The third-order valence-corrected chi connectivity index (χ3v) is 8.87. The number of amides is 2. The number of hydrogen-bond donors (Lipinski definition) is 2. The van der Waals surface area contributed by atoms with E-state index < -0.39 is 33.7 Å². The fraction of sp³-hybridized carbons (Fsp3) is 0.286. The van der Waals surface area contributed by atoms with E-state index in [0.717, 1.165) is 24.8 Å². The van der Waals surface area contributed by atoms with Gasteiger partial charge < -0.3 is 10.2 Å². The molecule has 3 aliphatic rings. The summed E-state index contributed by atoms with van der Waals surface area (Å²) in [5, 5.41) is 2.81. The second-order valence-corrected chi connectivity index (χ2v) is 11.7. The summed E-state index contributed by atoms with van der Waals surface area (Å²) in [5.41, 5.74) is 1.26. The minimum atomic E-state index is -3.64. The van der Waals surface area contributed by atoms with Gasteiger partial charge in [0.25, 0.3) is 5.91 Å². The third-order valence-electron chi connectivity index (χ3n) is 7.27. The fourth-order valence-corrected chi connectivity index (χ4v) is 6.50. The van der Waals surface area contributed by atoms with E-state index in [4.69, 9.17) is 0 Å². The number of sulfonamides is 1. The van der Waals surface area contributed by atoms with Crippen LogP contribution >= 0.6 is 0 Å². The van der Waals surface area contributed by atoms with Gasteiger partial charge in [-0.25, -0.2) is 17.5 Å². The van der Waals surface area contributed by atoms with Crippen molar-refractivity contribution >= 4 is 27.5 Å². The van der Waals surface area contributed by atoms with Gasteiger partial charge in [-0.3, -0.25) is 9.59 Å². The Morgan fingerprint density at radius 2 is 1.62 bits per heavy atom. The van der Waals surface area contributed by atoms with Gasteiger partial charge in [0.2, 0.25) is 15.9 Å². The summed E-state index contributed by atoms with van der Waals surface area (Å²) in [6.45, 7) is 0.